The molecule has 3 aromatic rings. The molecule has 0 atom stereocenters. The van der Waals surface area contributed by atoms with Crippen LogP contribution in [0.5, 0.6) is 0 Å². The molecule has 3 nitrogen and oxygen atoms in total. The van der Waals surface area contributed by atoms with Gasteiger partial charge in [0.1, 0.15) is 0 Å². The molecule has 0 fully saturated rings. The van der Waals surface area contributed by atoms with E-state index in [9.17, 15) is 0 Å². The number of halogens is 2. The van der Waals surface area contributed by atoms with Crippen LogP contribution < -0.4 is 4.98 Å². The van der Waals surface area contributed by atoms with Crippen molar-refractivity contribution in [2.75, 3.05) is 0 Å². The van der Waals surface area contributed by atoms with E-state index in [0.717, 1.165) is 34.2 Å². The normalized spacial score (nSPS) is 12.5. The van der Waals surface area contributed by atoms with Crippen LogP contribution in [0.1, 0.15) is 127 Å². The van der Waals surface area contributed by atoms with Crippen LogP contribution in [-0.2, 0) is 8.46 Å². The molecule has 0 saturated heterocycles. The van der Waals surface area contributed by atoms with E-state index in [1.807, 2.05) is 0 Å². The molecule has 2 aromatic carbocycles. The van der Waals surface area contributed by atoms with Crippen molar-refractivity contribution in [3.05, 3.63) is 82.2 Å². The quantitative estimate of drug-likeness (QED) is 0.128. The Hall–Kier alpha value is -0.961. The Kier molecular flexibility index (Phi) is 13.8. The van der Waals surface area contributed by atoms with Crippen LogP contribution in [0.25, 0.3) is 0 Å². The van der Waals surface area contributed by atoms with Gasteiger partial charge in [0.15, 0.2) is 0 Å². The van der Waals surface area contributed by atoms with Gasteiger partial charge in [-0.3, -0.25) is 9.98 Å². The second-order valence-electron chi connectivity index (χ2n) is 10.8. The van der Waals surface area contributed by atoms with E-state index < -0.39 is 0 Å². The summed E-state index contributed by atoms with van der Waals surface area (Å²) in [5, 5.41) is 0. The minimum atomic E-state index is 0.411. The van der Waals surface area contributed by atoms with Gasteiger partial charge in [-0.1, -0.05) is 104 Å². The van der Waals surface area contributed by atoms with Gasteiger partial charge in [0.25, 0.3) is 0 Å². The van der Waals surface area contributed by atoms with E-state index in [1.165, 1.54) is 30.7 Å². The zero-order valence-electron chi connectivity index (χ0n) is 24.4. The zero-order chi connectivity index (χ0) is 28.6. The van der Waals surface area contributed by atoms with Gasteiger partial charge in [0, 0.05) is 11.4 Å². The molecule has 0 radical (unpaired) electrons. The molecule has 0 aliphatic carbocycles. The molecule has 0 unspecified atom stereocenters. The van der Waals surface area contributed by atoms with Crippen LogP contribution in [0.15, 0.2) is 58.5 Å². The third-order valence-electron chi connectivity index (χ3n) is 6.63. The van der Waals surface area contributed by atoms with Crippen molar-refractivity contribution in [2.24, 2.45) is 9.98 Å². The summed E-state index contributed by atoms with van der Waals surface area (Å²) in [6, 6.07) is 17.2. The zero-order valence-corrected chi connectivity index (χ0v) is 29.8. The third-order valence-corrected chi connectivity index (χ3v) is 6.63. The molecular weight excluding hydrogens is 736 g/mol. The fourth-order valence-corrected chi connectivity index (χ4v) is 4.50. The van der Waals surface area contributed by atoms with Gasteiger partial charge in [-0.2, -0.15) is 0 Å². The Morgan fingerprint density at radius 3 is 1.08 bits per heavy atom. The molecule has 0 aliphatic heterocycles. The standard InChI is InChI=1S/C32H42N3.Fe.2HI/c1-19(2)25-13-11-14-26(20(3)4)31(25)33-23(9)29-17-18-30(35-29)24(10)34-32-27(21(5)6)15-12-16-28(32)22(7)8;;;/h11-22H,1-10H3;;2*1H/q-1;+3;;/p-2. The Balaban J connectivity index is 0.00000161. The maximum atomic E-state index is 5.12. The average Bonchev–Trinajstić information content (AvgIpc) is 3.35. The minimum absolute atomic E-state index is 0.411. The van der Waals surface area contributed by atoms with Gasteiger partial charge in [-0.25, -0.2) is 0 Å². The Labute approximate surface area is 259 Å². The summed E-state index contributed by atoms with van der Waals surface area (Å²) in [5.41, 5.74) is 11.0. The van der Waals surface area contributed by atoms with Gasteiger partial charge in [0.2, 0.25) is 0 Å². The van der Waals surface area contributed by atoms with Crippen molar-refractivity contribution in [3.63, 3.8) is 0 Å². The van der Waals surface area contributed by atoms with E-state index in [1.54, 1.807) is 0 Å². The maximum absolute atomic E-state index is 5.12. The topological polar surface area (TPSA) is 38.8 Å². The molecule has 1 aromatic heterocycles. The van der Waals surface area contributed by atoms with Gasteiger partial charge in [-0.15, -0.1) is 11.4 Å². The molecular formula is C32H42FeI2N3. The monoisotopic (exact) mass is 778 g/mol. The first-order valence-electron chi connectivity index (χ1n) is 13.3. The van der Waals surface area contributed by atoms with Crippen molar-refractivity contribution in [3.8, 4) is 0 Å². The predicted molar refractivity (Wildman–Crippen MR) is 181 cm³/mol. The second-order valence-corrected chi connectivity index (χ2v) is 20.2. The molecule has 1 heterocycles. The van der Waals surface area contributed by atoms with Crippen LogP contribution >= 0.6 is 40.7 Å². The van der Waals surface area contributed by atoms with Crippen LogP contribution in [0.4, 0.5) is 11.4 Å². The van der Waals surface area contributed by atoms with E-state index in [-0.39, 0.29) is 0 Å². The Morgan fingerprint density at radius 1 is 0.579 bits per heavy atom. The summed E-state index contributed by atoms with van der Waals surface area (Å²) >= 11 is 4.55. The summed E-state index contributed by atoms with van der Waals surface area (Å²) in [5.74, 6) is 1.64. The number of para-hydroxylation sites is 2. The van der Waals surface area contributed by atoms with Crippen LogP contribution in [0.2, 0.25) is 0 Å². The van der Waals surface area contributed by atoms with Gasteiger partial charge in [0.05, 0.1) is 11.4 Å². The Bertz CT molecular complexity index is 1110. The molecule has 3 rings (SSSR count). The van der Waals surface area contributed by atoms with Gasteiger partial charge < -0.3 is 4.98 Å². The summed E-state index contributed by atoms with van der Waals surface area (Å²) in [6.45, 7) is 22.0. The third kappa shape index (κ3) is 8.77. The molecule has 0 aliphatic rings. The van der Waals surface area contributed by atoms with Crippen molar-refractivity contribution in [1.82, 2.24) is 4.98 Å². The molecule has 207 valence electrons. The number of benzene rings is 2. The molecule has 38 heavy (non-hydrogen) atoms. The van der Waals surface area contributed by atoms with Gasteiger partial charge in [-0.05, 0) is 59.8 Å². The predicted octanol–water partition coefficient (Wildman–Crippen LogP) is 11.2. The Morgan fingerprint density at radius 2 is 0.842 bits per heavy atom. The SMILES string of the molecule is CC(=Nc1c(C(C)C)cccc1C(C)C)c1ccc(C(C)=Nc2c(C(C)C)cccc2C(C)C)[n-]1.[I][Fe+][I]. The van der Waals surface area contributed by atoms with Crippen molar-refractivity contribution < 1.29 is 8.46 Å². The molecule has 0 spiro atoms. The van der Waals surface area contributed by atoms with Crippen LogP contribution in [-0.4, -0.2) is 11.4 Å². The number of rotatable bonds is 8. The van der Waals surface area contributed by atoms with E-state index >= 15 is 0 Å². The summed E-state index contributed by atoms with van der Waals surface area (Å²) in [7, 11) is 1.19. The fourth-order valence-electron chi connectivity index (χ4n) is 4.50. The second kappa shape index (κ2) is 15.7. The average molecular weight is 778 g/mol. The van der Waals surface area contributed by atoms with Crippen LogP contribution in [0.3, 0.4) is 0 Å². The summed E-state index contributed by atoms with van der Waals surface area (Å²) in [4.78, 5) is 15.2. The van der Waals surface area contributed by atoms with Crippen LogP contribution in [0, 0.1) is 0 Å². The van der Waals surface area contributed by atoms with Gasteiger partial charge >= 0.3 is 49.1 Å². The van der Waals surface area contributed by atoms with E-state index in [4.69, 9.17) is 15.0 Å². The van der Waals surface area contributed by atoms with E-state index in [0.29, 0.717) is 23.7 Å². The van der Waals surface area contributed by atoms with Crippen molar-refractivity contribution in [1.29, 1.82) is 0 Å². The number of hydrogen-bond acceptors (Lipinski definition) is 2. The number of nitrogens with zero attached hydrogens (tertiary/aromatic N) is 3. The first-order valence-corrected chi connectivity index (χ1v) is 20.4. The number of aromatic nitrogens is 1. The first kappa shape index (κ1) is 33.2. The number of hydrogen-bond donors (Lipinski definition) is 0. The number of aliphatic imine (C=N–C) groups is 2. The molecule has 0 saturated carbocycles. The molecule has 0 N–H and O–H groups in total. The first-order chi connectivity index (χ1) is 17.9. The summed E-state index contributed by atoms with van der Waals surface area (Å²) < 4.78 is 0. The molecule has 0 bridgehead atoms. The molecule has 6 heteroatoms. The van der Waals surface area contributed by atoms with Crippen molar-refractivity contribution in [2.45, 2.75) is 92.9 Å². The van der Waals surface area contributed by atoms with E-state index in [2.05, 4.69) is 158 Å². The molecule has 0 amide bonds. The fraction of sp³-hybridized carbons (Fsp3) is 0.438. The van der Waals surface area contributed by atoms with Crippen molar-refractivity contribution >= 4 is 63.5 Å². The summed E-state index contributed by atoms with van der Waals surface area (Å²) in [6.07, 6.45) is 0.